The Bertz CT molecular complexity index is 315. The van der Waals surface area contributed by atoms with Crippen LogP contribution in [0.1, 0.15) is 25.0 Å². The maximum atomic E-state index is 9.82. The van der Waals surface area contributed by atoms with Gasteiger partial charge in [-0.2, -0.15) is 0 Å². The molecule has 0 aliphatic heterocycles. The van der Waals surface area contributed by atoms with E-state index in [4.69, 9.17) is 11.5 Å². The Kier molecular flexibility index (Phi) is 3.92. The summed E-state index contributed by atoms with van der Waals surface area (Å²) in [5.41, 5.74) is 12.7. The Hall–Kier alpha value is -0.580. The van der Waals surface area contributed by atoms with Gasteiger partial charge < -0.3 is 16.6 Å². The molecule has 2 unspecified atom stereocenters. The van der Waals surface area contributed by atoms with Gasteiger partial charge in [0, 0.05) is 16.1 Å². The van der Waals surface area contributed by atoms with Crippen molar-refractivity contribution in [3.05, 3.63) is 28.2 Å². The number of rotatable bonds is 3. The van der Waals surface area contributed by atoms with Crippen LogP contribution in [0.5, 0.6) is 0 Å². The van der Waals surface area contributed by atoms with Crippen LogP contribution in [-0.2, 0) is 0 Å². The lowest BCUT2D eigenvalue weighted by Crippen LogP contribution is -2.19. The minimum Gasteiger partial charge on any atom is -0.398 e. The molecule has 4 heteroatoms. The molecule has 0 spiro atoms. The minimum atomic E-state index is -0.590. The first-order valence-corrected chi connectivity index (χ1v) is 5.29. The zero-order valence-electron chi connectivity index (χ0n) is 8.07. The van der Waals surface area contributed by atoms with E-state index < -0.39 is 6.10 Å². The third-order valence-electron chi connectivity index (χ3n) is 2.04. The summed E-state index contributed by atoms with van der Waals surface area (Å²) in [6, 6.07) is 5.47. The van der Waals surface area contributed by atoms with E-state index in [1.54, 1.807) is 0 Å². The summed E-state index contributed by atoms with van der Waals surface area (Å²) in [5, 5.41) is 9.82. The molecule has 14 heavy (non-hydrogen) atoms. The molecule has 0 amide bonds. The van der Waals surface area contributed by atoms with Gasteiger partial charge in [0.15, 0.2) is 0 Å². The maximum Gasteiger partial charge on any atom is 0.0825 e. The lowest BCUT2D eigenvalue weighted by atomic mass is 10.0. The number of aliphatic hydroxyl groups excluding tert-OH is 1. The molecule has 0 bridgehead atoms. The fourth-order valence-corrected chi connectivity index (χ4v) is 1.70. The molecule has 1 aromatic carbocycles. The highest BCUT2D eigenvalue weighted by Crippen LogP contribution is 2.29. The standard InChI is InChI=1S/C10H15BrN2O/c1-6(12)5-9(14)7-3-2-4-8(11)10(7)13/h2-4,6,9,14H,5,12-13H2,1H3. The van der Waals surface area contributed by atoms with E-state index in [-0.39, 0.29) is 6.04 Å². The van der Waals surface area contributed by atoms with Gasteiger partial charge in [-0.1, -0.05) is 12.1 Å². The SMILES string of the molecule is CC(N)CC(O)c1cccc(Br)c1N. The fraction of sp³-hybridized carbons (Fsp3) is 0.400. The Morgan fingerprint density at radius 2 is 2.14 bits per heavy atom. The maximum absolute atomic E-state index is 9.82. The van der Waals surface area contributed by atoms with E-state index in [1.807, 2.05) is 25.1 Å². The van der Waals surface area contributed by atoms with Gasteiger partial charge in [0.1, 0.15) is 0 Å². The van der Waals surface area contributed by atoms with Gasteiger partial charge in [0.2, 0.25) is 0 Å². The average Bonchev–Trinajstić information content (AvgIpc) is 2.08. The van der Waals surface area contributed by atoms with Gasteiger partial charge in [-0.05, 0) is 35.3 Å². The minimum absolute atomic E-state index is 0.0385. The van der Waals surface area contributed by atoms with Crippen molar-refractivity contribution in [3.63, 3.8) is 0 Å². The second-order valence-corrected chi connectivity index (χ2v) is 4.33. The zero-order valence-corrected chi connectivity index (χ0v) is 9.66. The van der Waals surface area contributed by atoms with E-state index >= 15 is 0 Å². The Labute approximate surface area is 92.2 Å². The Morgan fingerprint density at radius 3 is 2.71 bits per heavy atom. The number of benzene rings is 1. The Morgan fingerprint density at radius 1 is 1.50 bits per heavy atom. The number of nitrogen functional groups attached to an aromatic ring is 1. The van der Waals surface area contributed by atoms with Crippen molar-refractivity contribution >= 4 is 21.6 Å². The lowest BCUT2D eigenvalue weighted by molar-refractivity contribution is 0.161. The fourth-order valence-electron chi connectivity index (χ4n) is 1.32. The van der Waals surface area contributed by atoms with E-state index in [0.717, 1.165) is 10.0 Å². The molecule has 0 saturated carbocycles. The van der Waals surface area contributed by atoms with Crippen LogP contribution < -0.4 is 11.5 Å². The summed E-state index contributed by atoms with van der Waals surface area (Å²) in [7, 11) is 0. The number of hydrogen-bond acceptors (Lipinski definition) is 3. The number of hydrogen-bond donors (Lipinski definition) is 3. The normalized spacial score (nSPS) is 15.1. The van der Waals surface area contributed by atoms with Gasteiger partial charge in [-0.25, -0.2) is 0 Å². The molecular weight excluding hydrogens is 244 g/mol. The van der Waals surface area contributed by atoms with Crippen LogP contribution in [0.3, 0.4) is 0 Å². The molecule has 3 nitrogen and oxygen atoms in total. The predicted molar refractivity (Wildman–Crippen MR) is 61.8 cm³/mol. The van der Waals surface area contributed by atoms with Crippen molar-refractivity contribution in [2.45, 2.75) is 25.5 Å². The van der Waals surface area contributed by atoms with E-state index in [1.165, 1.54) is 0 Å². The smallest absolute Gasteiger partial charge is 0.0825 e. The number of nitrogens with two attached hydrogens (primary N) is 2. The number of aliphatic hydroxyl groups is 1. The van der Waals surface area contributed by atoms with Crippen molar-refractivity contribution in [3.8, 4) is 0 Å². The summed E-state index contributed by atoms with van der Waals surface area (Å²) < 4.78 is 0.804. The quantitative estimate of drug-likeness (QED) is 0.725. The molecule has 78 valence electrons. The first-order valence-electron chi connectivity index (χ1n) is 4.50. The van der Waals surface area contributed by atoms with Crippen molar-refractivity contribution < 1.29 is 5.11 Å². The van der Waals surface area contributed by atoms with Crippen LogP contribution >= 0.6 is 15.9 Å². The first kappa shape index (κ1) is 11.5. The monoisotopic (exact) mass is 258 g/mol. The summed E-state index contributed by atoms with van der Waals surface area (Å²) in [5.74, 6) is 0. The molecule has 0 heterocycles. The molecule has 0 saturated heterocycles. The molecule has 5 N–H and O–H groups in total. The number of halogens is 1. The van der Waals surface area contributed by atoms with E-state index in [0.29, 0.717) is 12.1 Å². The van der Waals surface area contributed by atoms with E-state index in [9.17, 15) is 5.11 Å². The summed E-state index contributed by atoms with van der Waals surface area (Å²) in [6.07, 6.45) is -0.0757. The van der Waals surface area contributed by atoms with Crippen molar-refractivity contribution in [1.82, 2.24) is 0 Å². The van der Waals surface area contributed by atoms with Crippen LogP contribution in [-0.4, -0.2) is 11.1 Å². The summed E-state index contributed by atoms with van der Waals surface area (Å²) in [4.78, 5) is 0. The molecule has 0 fully saturated rings. The molecule has 0 aliphatic rings. The number of para-hydroxylation sites is 1. The molecule has 1 aromatic rings. The van der Waals surface area contributed by atoms with Crippen LogP contribution in [0.4, 0.5) is 5.69 Å². The molecule has 1 rings (SSSR count). The second-order valence-electron chi connectivity index (χ2n) is 3.47. The lowest BCUT2D eigenvalue weighted by Gasteiger charge is -2.16. The highest BCUT2D eigenvalue weighted by Gasteiger charge is 2.13. The van der Waals surface area contributed by atoms with Crippen LogP contribution in [0.15, 0.2) is 22.7 Å². The molecule has 0 aliphatic carbocycles. The Balaban J connectivity index is 2.89. The zero-order chi connectivity index (χ0) is 10.7. The summed E-state index contributed by atoms with van der Waals surface area (Å²) in [6.45, 7) is 1.86. The van der Waals surface area contributed by atoms with Gasteiger partial charge in [0.25, 0.3) is 0 Å². The van der Waals surface area contributed by atoms with Gasteiger partial charge in [-0.3, -0.25) is 0 Å². The molecule has 2 atom stereocenters. The van der Waals surface area contributed by atoms with Crippen LogP contribution in [0.25, 0.3) is 0 Å². The molecular formula is C10H15BrN2O. The second kappa shape index (κ2) is 4.77. The molecule has 0 radical (unpaired) electrons. The van der Waals surface area contributed by atoms with Crippen LogP contribution in [0, 0.1) is 0 Å². The molecule has 0 aromatic heterocycles. The van der Waals surface area contributed by atoms with Crippen molar-refractivity contribution in [2.24, 2.45) is 5.73 Å². The first-order chi connectivity index (χ1) is 6.52. The average molecular weight is 259 g/mol. The van der Waals surface area contributed by atoms with Crippen LogP contribution in [0.2, 0.25) is 0 Å². The summed E-state index contributed by atoms with van der Waals surface area (Å²) >= 11 is 3.31. The highest BCUT2D eigenvalue weighted by molar-refractivity contribution is 9.10. The van der Waals surface area contributed by atoms with Gasteiger partial charge >= 0.3 is 0 Å². The third kappa shape index (κ3) is 2.70. The topological polar surface area (TPSA) is 72.3 Å². The number of anilines is 1. The van der Waals surface area contributed by atoms with Crippen molar-refractivity contribution in [2.75, 3.05) is 5.73 Å². The van der Waals surface area contributed by atoms with E-state index in [2.05, 4.69) is 15.9 Å². The third-order valence-corrected chi connectivity index (χ3v) is 2.73. The van der Waals surface area contributed by atoms with Gasteiger partial charge in [0.05, 0.1) is 11.8 Å². The van der Waals surface area contributed by atoms with Gasteiger partial charge in [-0.15, -0.1) is 0 Å². The highest BCUT2D eigenvalue weighted by atomic mass is 79.9. The largest absolute Gasteiger partial charge is 0.398 e. The predicted octanol–water partition coefficient (Wildman–Crippen LogP) is 1.80. The van der Waals surface area contributed by atoms with Crippen molar-refractivity contribution in [1.29, 1.82) is 0 Å².